The lowest BCUT2D eigenvalue weighted by molar-refractivity contribution is 1.16. The second-order valence-electron chi connectivity index (χ2n) is 13.8. The molecule has 0 fully saturated rings. The van der Waals surface area contributed by atoms with Crippen molar-refractivity contribution in [3.63, 3.8) is 0 Å². The van der Waals surface area contributed by atoms with E-state index in [-0.39, 0.29) is 0 Å². The first-order valence-electron chi connectivity index (χ1n) is 18.3. The van der Waals surface area contributed by atoms with Crippen LogP contribution in [-0.2, 0) is 0 Å². The summed E-state index contributed by atoms with van der Waals surface area (Å²) in [4.78, 5) is 10.3. The monoisotopic (exact) mass is 688 g/mol. The van der Waals surface area contributed by atoms with Gasteiger partial charge in [-0.1, -0.05) is 140 Å². The van der Waals surface area contributed by atoms with Crippen molar-refractivity contribution in [1.29, 1.82) is 0 Å². The third-order valence-corrected chi connectivity index (χ3v) is 10.7. The zero-order valence-electron chi connectivity index (χ0n) is 29.3. The van der Waals surface area contributed by atoms with Gasteiger partial charge >= 0.3 is 0 Å². The van der Waals surface area contributed by atoms with Crippen LogP contribution in [-0.4, -0.2) is 19.1 Å². The Hall–Kier alpha value is -7.30. The van der Waals surface area contributed by atoms with Gasteiger partial charge in [0.05, 0.1) is 33.5 Å². The molecule has 8 aromatic carbocycles. The number of benzene rings is 8. The Morgan fingerprint density at radius 2 is 0.815 bits per heavy atom. The van der Waals surface area contributed by atoms with Gasteiger partial charge in [-0.3, -0.25) is 0 Å². The van der Waals surface area contributed by atoms with Crippen molar-refractivity contribution in [3.8, 4) is 45.3 Å². The minimum Gasteiger partial charge on any atom is -0.309 e. The SMILES string of the molecule is c1ccc(-c2cc(-c3ccccc3)nc(-c3cccc(-n4c5ccccc5c5c6c7ccccc7n(-c7ccc8ccccc8c7)c6ccc54)c3)n2)cc1. The zero-order valence-corrected chi connectivity index (χ0v) is 29.3. The van der Waals surface area contributed by atoms with Crippen LogP contribution in [0, 0.1) is 0 Å². The average Bonchev–Trinajstić information content (AvgIpc) is 3.77. The Labute approximate surface area is 311 Å². The van der Waals surface area contributed by atoms with E-state index in [9.17, 15) is 0 Å². The van der Waals surface area contributed by atoms with Gasteiger partial charge in [-0.25, -0.2) is 9.97 Å². The summed E-state index contributed by atoms with van der Waals surface area (Å²) in [7, 11) is 0. The molecule has 0 bridgehead atoms. The summed E-state index contributed by atoms with van der Waals surface area (Å²) in [6.45, 7) is 0. The highest BCUT2D eigenvalue weighted by atomic mass is 15.0. The molecule has 0 aliphatic carbocycles. The zero-order chi connectivity index (χ0) is 35.6. The van der Waals surface area contributed by atoms with Crippen LogP contribution in [0.2, 0.25) is 0 Å². The number of rotatable bonds is 5. The van der Waals surface area contributed by atoms with Gasteiger partial charge in [0.1, 0.15) is 0 Å². The standard InChI is InChI=1S/C50H32N4/c1-3-15-34(16-4-1)42-32-43(35-17-5-2-6-18-35)52-50(51-42)37-20-13-21-38(31-37)53-44-24-11-9-22-40(44)48-46(53)28-29-47-49(48)41-23-10-12-25-45(41)54(47)39-27-26-33-14-7-8-19-36(33)30-39/h1-32H. The third kappa shape index (κ3) is 4.78. The maximum Gasteiger partial charge on any atom is 0.160 e. The van der Waals surface area contributed by atoms with E-state index in [1.165, 1.54) is 43.4 Å². The van der Waals surface area contributed by atoms with Crippen LogP contribution < -0.4 is 0 Å². The molecule has 0 saturated heterocycles. The molecule has 11 aromatic rings. The molecule has 0 saturated carbocycles. The van der Waals surface area contributed by atoms with Gasteiger partial charge in [0.2, 0.25) is 0 Å². The van der Waals surface area contributed by atoms with E-state index < -0.39 is 0 Å². The molecule has 3 aromatic heterocycles. The number of hydrogen-bond acceptors (Lipinski definition) is 2. The molecule has 0 radical (unpaired) electrons. The highest BCUT2D eigenvalue weighted by Crippen LogP contribution is 2.43. The molecule has 0 unspecified atom stereocenters. The fourth-order valence-corrected chi connectivity index (χ4v) is 8.26. The van der Waals surface area contributed by atoms with Crippen molar-refractivity contribution < 1.29 is 0 Å². The molecule has 0 aliphatic rings. The number of aromatic nitrogens is 4. The van der Waals surface area contributed by atoms with Crippen molar-refractivity contribution in [2.24, 2.45) is 0 Å². The van der Waals surface area contributed by atoms with Gasteiger partial charge in [0.15, 0.2) is 5.82 Å². The van der Waals surface area contributed by atoms with E-state index >= 15 is 0 Å². The molecule has 54 heavy (non-hydrogen) atoms. The van der Waals surface area contributed by atoms with E-state index in [1.807, 2.05) is 12.1 Å². The molecule has 0 spiro atoms. The van der Waals surface area contributed by atoms with Gasteiger partial charge in [-0.15, -0.1) is 0 Å². The number of nitrogens with zero attached hydrogens (tertiary/aromatic N) is 4. The summed E-state index contributed by atoms with van der Waals surface area (Å²) in [5, 5.41) is 7.43. The Bertz CT molecular complexity index is 3150. The summed E-state index contributed by atoms with van der Waals surface area (Å²) in [5.74, 6) is 0.693. The van der Waals surface area contributed by atoms with Crippen molar-refractivity contribution in [1.82, 2.24) is 19.1 Å². The molecule has 4 nitrogen and oxygen atoms in total. The quantitative estimate of drug-likeness (QED) is 0.180. The predicted octanol–water partition coefficient (Wildman–Crippen LogP) is 12.8. The highest BCUT2D eigenvalue weighted by molar-refractivity contribution is 6.29. The molecule has 3 heterocycles. The van der Waals surface area contributed by atoms with Crippen molar-refractivity contribution in [2.45, 2.75) is 0 Å². The van der Waals surface area contributed by atoms with Crippen LogP contribution in [0.3, 0.4) is 0 Å². The number of hydrogen-bond donors (Lipinski definition) is 0. The maximum absolute atomic E-state index is 5.15. The fourth-order valence-electron chi connectivity index (χ4n) is 8.26. The molecular formula is C50H32N4. The fraction of sp³-hybridized carbons (Fsp3) is 0. The summed E-state index contributed by atoms with van der Waals surface area (Å²) < 4.78 is 4.82. The van der Waals surface area contributed by atoms with Gasteiger partial charge in [-0.2, -0.15) is 0 Å². The lowest BCUT2D eigenvalue weighted by Gasteiger charge is -2.12. The first-order chi connectivity index (χ1) is 26.8. The second kappa shape index (κ2) is 12.1. The second-order valence-corrected chi connectivity index (χ2v) is 13.8. The minimum absolute atomic E-state index is 0.693. The van der Waals surface area contributed by atoms with Crippen molar-refractivity contribution in [3.05, 3.63) is 194 Å². The summed E-state index contributed by atoms with van der Waals surface area (Å²) in [6, 6.07) is 69.0. The van der Waals surface area contributed by atoms with Gasteiger partial charge in [0, 0.05) is 49.6 Å². The van der Waals surface area contributed by atoms with E-state index in [4.69, 9.17) is 9.97 Å². The lowest BCUT2D eigenvalue weighted by atomic mass is 10.1. The Morgan fingerprint density at radius 3 is 1.43 bits per heavy atom. The van der Waals surface area contributed by atoms with Gasteiger partial charge < -0.3 is 9.13 Å². The van der Waals surface area contributed by atoms with Crippen LogP contribution in [0.5, 0.6) is 0 Å². The number of fused-ring (bicyclic) bond motifs is 8. The van der Waals surface area contributed by atoms with Crippen LogP contribution in [0.25, 0.3) is 99.7 Å². The van der Waals surface area contributed by atoms with E-state index in [1.54, 1.807) is 0 Å². The topological polar surface area (TPSA) is 35.6 Å². The molecule has 0 N–H and O–H groups in total. The van der Waals surface area contributed by atoms with E-state index in [2.05, 4.69) is 191 Å². The maximum atomic E-state index is 5.15. The lowest BCUT2D eigenvalue weighted by Crippen LogP contribution is -1.98. The molecule has 0 atom stereocenters. The average molecular weight is 689 g/mol. The van der Waals surface area contributed by atoms with E-state index in [0.29, 0.717) is 5.82 Å². The molecule has 252 valence electrons. The summed E-state index contributed by atoms with van der Waals surface area (Å²) in [5.41, 5.74) is 11.8. The van der Waals surface area contributed by atoms with Gasteiger partial charge in [-0.05, 0) is 65.4 Å². The smallest absolute Gasteiger partial charge is 0.160 e. The first kappa shape index (κ1) is 30.3. The molecule has 0 amide bonds. The van der Waals surface area contributed by atoms with Crippen LogP contribution in [0.1, 0.15) is 0 Å². The Balaban J connectivity index is 1.14. The normalized spacial score (nSPS) is 11.7. The van der Waals surface area contributed by atoms with Crippen molar-refractivity contribution in [2.75, 3.05) is 0 Å². The molecular weight excluding hydrogens is 657 g/mol. The summed E-state index contributed by atoms with van der Waals surface area (Å²) >= 11 is 0. The largest absolute Gasteiger partial charge is 0.309 e. The highest BCUT2D eigenvalue weighted by Gasteiger charge is 2.21. The van der Waals surface area contributed by atoms with Crippen molar-refractivity contribution >= 4 is 54.4 Å². The van der Waals surface area contributed by atoms with Gasteiger partial charge in [0.25, 0.3) is 0 Å². The Morgan fingerprint density at radius 1 is 0.315 bits per heavy atom. The predicted molar refractivity (Wildman–Crippen MR) is 225 cm³/mol. The van der Waals surface area contributed by atoms with Crippen LogP contribution in [0.15, 0.2) is 194 Å². The van der Waals surface area contributed by atoms with Crippen LogP contribution >= 0.6 is 0 Å². The summed E-state index contributed by atoms with van der Waals surface area (Å²) in [6.07, 6.45) is 0. The number of para-hydroxylation sites is 2. The third-order valence-electron chi connectivity index (χ3n) is 10.7. The molecule has 11 rings (SSSR count). The molecule has 0 aliphatic heterocycles. The van der Waals surface area contributed by atoms with E-state index in [0.717, 1.165) is 50.5 Å². The molecule has 4 heteroatoms. The minimum atomic E-state index is 0.693. The van der Waals surface area contributed by atoms with Crippen LogP contribution in [0.4, 0.5) is 0 Å². The Kier molecular flexibility index (Phi) is 6.82. The first-order valence-corrected chi connectivity index (χ1v) is 18.3.